The van der Waals surface area contributed by atoms with Gasteiger partial charge in [0.1, 0.15) is 0 Å². The maximum Gasteiger partial charge on any atom is 0.0366 e. The van der Waals surface area contributed by atoms with Crippen LogP contribution >= 0.6 is 9.39 Å². The van der Waals surface area contributed by atoms with E-state index in [0.29, 0.717) is 6.04 Å². The van der Waals surface area contributed by atoms with E-state index in [4.69, 9.17) is 0 Å². The molecule has 0 aromatic heterocycles. The van der Waals surface area contributed by atoms with E-state index in [0.717, 1.165) is 13.1 Å². The molecule has 1 heterocycles. The summed E-state index contributed by atoms with van der Waals surface area (Å²) < 4.78 is 0. The monoisotopic (exact) mass is 307 g/mol. The van der Waals surface area contributed by atoms with Gasteiger partial charge in [-0.15, -0.1) is 0 Å². The van der Waals surface area contributed by atoms with Crippen LogP contribution in [0.5, 0.6) is 0 Å². The number of nitrogens with one attached hydrogen (secondary N) is 2. The number of para-hydroxylation sites is 1. The Morgan fingerprint density at radius 2 is 1.57 bits per heavy atom. The molecule has 0 aliphatic carbocycles. The SMILES string of the molecule is CC(C)(NP)C(C)(C)NC1CCN(c2ccccc2)CC1. The number of nitrogens with zero attached hydrogens (tertiary/aromatic N) is 1. The first-order valence-electron chi connectivity index (χ1n) is 7.91. The summed E-state index contributed by atoms with van der Waals surface area (Å²) in [5, 5.41) is 7.21. The molecule has 1 fully saturated rings. The molecule has 1 saturated heterocycles. The zero-order chi connectivity index (χ0) is 15.5. The lowest BCUT2D eigenvalue weighted by Gasteiger charge is -2.46. The van der Waals surface area contributed by atoms with E-state index in [9.17, 15) is 0 Å². The standard InChI is InChI=1S/C17H30N3P/c1-16(2,17(3,4)19-21)18-14-10-12-20(13-11-14)15-8-6-5-7-9-15/h5-9,14,18-19H,10-13,21H2,1-4H3. The van der Waals surface area contributed by atoms with Gasteiger partial charge >= 0.3 is 0 Å². The molecule has 0 spiro atoms. The lowest BCUT2D eigenvalue weighted by Crippen LogP contribution is -2.64. The molecular weight excluding hydrogens is 277 g/mol. The van der Waals surface area contributed by atoms with Crippen molar-refractivity contribution in [3.63, 3.8) is 0 Å². The highest BCUT2D eigenvalue weighted by molar-refractivity contribution is 7.13. The fraction of sp³-hybridized carbons (Fsp3) is 0.647. The van der Waals surface area contributed by atoms with Gasteiger partial charge in [0.15, 0.2) is 0 Å². The molecule has 1 aromatic rings. The normalized spacial score (nSPS) is 18.0. The Bertz CT molecular complexity index is 437. The van der Waals surface area contributed by atoms with E-state index in [1.165, 1.54) is 18.5 Å². The highest BCUT2D eigenvalue weighted by atomic mass is 31.0. The lowest BCUT2D eigenvalue weighted by molar-refractivity contribution is 0.191. The van der Waals surface area contributed by atoms with Crippen molar-refractivity contribution in [1.82, 2.24) is 10.4 Å². The van der Waals surface area contributed by atoms with Crippen molar-refractivity contribution in [2.75, 3.05) is 18.0 Å². The Hall–Kier alpha value is -0.630. The maximum absolute atomic E-state index is 3.86. The third-order valence-electron chi connectivity index (χ3n) is 5.10. The molecule has 3 nitrogen and oxygen atoms in total. The van der Waals surface area contributed by atoms with Crippen LogP contribution in [0.15, 0.2) is 30.3 Å². The molecule has 1 aliphatic heterocycles. The maximum atomic E-state index is 3.86. The third kappa shape index (κ3) is 3.97. The number of anilines is 1. The molecule has 0 radical (unpaired) electrons. The summed E-state index contributed by atoms with van der Waals surface area (Å²) in [5.74, 6) is 0. The molecule has 0 bridgehead atoms. The molecule has 1 atom stereocenters. The first kappa shape index (κ1) is 16.7. The predicted molar refractivity (Wildman–Crippen MR) is 95.8 cm³/mol. The van der Waals surface area contributed by atoms with Crippen molar-refractivity contribution in [3.8, 4) is 0 Å². The molecule has 2 N–H and O–H groups in total. The Kier molecular flexibility index (Phi) is 5.29. The molecule has 2 rings (SSSR count). The van der Waals surface area contributed by atoms with E-state index in [-0.39, 0.29) is 11.1 Å². The molecule has 0 amide bonds. The lowest BCUT2D eigenvalue weighted by atomic mass is 9.82. The van der Waals surface area contributed by atoms with Gasteiger partial charge in [-0.25, -0.2) is 0 Å². The van der Waals surface area contributed by atoms with Gasteiger partial charge in [0, 0.05) is 35.9 Å². The van der Waals surface area contributed by atoms with Gasteiger partial charge in [-0.2, -0.15) is 0 Å². The summed E-state index contributed by atoms with van der Waals surface area (Å²) in [6, 6.07) is 11.3. The predicted octanol–water partition coefficient (Wildman–Crippen LogP) is 3.18. The van der Waals surface area contributed by atoms with E-state index in [1.807, 2.05) is 0 Å². The Morgan fingerprint density at radius 3 is 2.10 bits per heavy atom. The first-order chi connectivity index (χ1) is 9.86. The minimum atomic E-state index is 0.0359. The molecule has 1 aromatic carbocycles. The smallest absolute Gasteiger partial charge is 0.0366 e. The fourth-order valence-corrected chi connectivity index (χ4v) is 3.15. The quantitative estimate of drug-likeness (QED) is 0.818. The van der Waals surface area contributed by atoms with Crippen molar-refractivity contribution in [3.05, 3.63) is 30.3 Å². The second kappa shape index (κ2) is 6.64. The van der Waals surface area contributed by atoms with Gasteiger partial charge in [-0.3, -0.25) is 5.09 Å². The highest BCUT2D eigenvalue weighted by Crippen LogP contribution is 2.26. The zero-order valence-electron chi connectivity index (χ0n) is 13.8. The van der Waals surface area contributed by atoms with Gasteiger partial charge in [0.25, 0.3) is 0 Å². The molecule has 4 heteroatoms. The fourth-order valence-electron chi connectivity index (χ4n) is 2.79. The van der Waals surface area contributed by atoms with E-state index in [1.54, 1.807) is 0 Å². The number of hydrogen-bond donors (Lipinski definition) is 2. The summed E-state index contributed by atoms with van der Waals surface area (Å²) in [6.45, 7) is 11.3. The van der Waals surface area contributed by atoms with Crippen LogP contribution in [0.1, 0.15) is 40.5 Å². The molecule has 21 heavy (non-hydrogen) atoms. The number of benzene rings is 1. The highest BCUT2D eigenvalue weighted by Gasteiger charge is 2.37. The van der Waals surface area contributed by atoms with Gasteiger partial charge < -0.3 is 10.2 Å². The van der Waals surface area contributed by atoms with Gasteiger partial charge in [-0.1, -0.05) is 27.6 Å². The number of piperidine rings is 1. The van der Waals surface area contributed by atoms with Crippen LogP contribution in [0.3, 0.4) is 0 Å². The Balaban J connectivity index is 1.90. The van der Waals surface area contributed by atoms with Crippen molar-refractivity contribution in [2.45, 2.75) is 57.7 Å². The number of rotatable bonds is 5. The average Bonchev–Trinajstić information content (AvgIpc) is 2.48. The largest absolute Gasteiger partial charge is 0.371 e. The van der Waals surface area contributed by atoms with Crippen LogP contribution in [0.25, 0.3) is 0 Å². The minimum absolute atomic E-state index is 0.0359. The molecule has 0 saturated carbocycles. The van der Waals surface area contributed by atoms with Crippen molar-refractivity contribution < 1.29 is 0 Å². The van der Waals surface area contributed by atoms with Gasteiger partial charge in [0.2, 0.25) is 0 Å². The van der Waals surface area contributed by atoms with E-state index >= 15 is 0 Å². The Morgan fingerprint density at radius 1 is 1.00 bits per heavy atom. The van der Waals surface area contributed by atoms with Crippen molar-refractivity contribution >= 4 is 15.1 Å². The molecule has 118 valence electrons. The first-order valence-corrected chi connectivity index (χ1v) is 8.49. The number of hydrogen-bond acceptors (Lipinski definition) is 3. The Labute approximate surface area is 132 Å². The molecule has 1 unspecified atom stereocenters. The van der Waals surface area contributed by atoms with Gasteiger partial charge in [0.05, 0.1) is 0 Å². The van der Waals surface area contributed by atoms with Gasteiger partial charge in [-0.05, 0) is 52.7 Å². The topological polar surface area (TPSA) is 27.3 Å². The second-order valence-corrected chi connectivity index (χ2v) is 7.42. The van der Waals surface area contributed by atoms with Crippen LogP contribution in [0.2, 0.25) is 0 Å². The minimum Gasteiger partial charge on any atom is -0.371 e. The van der Waals surface area contributed by atoms with Crippen LogP contribution < -0.4 is 15.3 Å². The van der Waals surface area contributed by atoms with E-state index in [2.05, 4.69) is 82.7 Å². The summed E-state index contributed by atoms with van der Waals surface area (Å²) in [7, 11) is 2.65. The summed E-state index contributed by atoms with van der Waals surface area (Å²) in [6.07, 6.45) is 2.40. The second-order valence-electron chi connectivity index (χ2n) is 7.14. The summed E-state index contributed by atoms with van der Waals surface area (Å²) in [5.41, 5.74) is 1.44. The summed E-state index contributed by atoms with van der Waals surface area (Å²) in [4.78, 5) is 2.49. The van der Waals surface area contributed by atoms with Crippen molar-refractivity contribution in [1.29, 1.82) is 0 Å². The zero-order valence-corrected chi connectivity index (χ0v) is 15.0. The van der Waals surface area contributed by atoms with Crippen LogP contribution in [0.4, 0.5) is 5.69 Å². The van der Waals surface area contributed by atoms with Crippen LogP contribution in [0, 0.1) is 0 Å². The van der Waals surface area contributed by atoms with Crippen LogP contribution in [-0.2, 0) is 0 Å². The summed E-state index contributed by atoms with van der Waals surface area (Å²) >= 11 is 0. The van der Waals surface area contributed by atoms with E-state index < -0.39 is 0 Å². The molecular formula is C17H30N3P. The third-order valence-corrected chi connectivity index (χ3v) is 5.83. The average molecular weight is 307 g/mol. The van der Waals surface area contributed by atoms with Crippen molar-refractivity contribution in [2.24, 2.45) is 0 Å². The molecule has 1 aliphatic rings. The van der Waals surface area contributed by atoms with Crippen LogP contribution in [-0.4, -0.2) is 30.2 Å².